The number of aliphatic hydroxyl groups excluding tert-OH is 1. The Bertz CT molecular complexity index is 1610. The number of likely N-dealkylation sites (N-methyl/N-ethyl adjacent to an activating group) is 1. The largest absolute Gasteiger partial charge is 0.487 e. The van der Waals surface area contributed by atoms with Gasteiger partial charge in [-0.3, -0.25) is 9.59 Å². The highest BCUT2D eigenvalue weighted by atomic mass is 16.5. The lowest BCUT2D eigenvalue weighted by Crippen LogP contribution is -2.50. The predicted molar refractivity (Wildman–Crippen MR) is 160 cm³/mol. The van der Waals surface area contributed by atoms with Gasteiger partial charge in [0.2, 0.25) is 5.91 Å². The summed E-state index contributed by atoms with van der Waals surface area (Å²) in [5.41, 5.74) is 1.33. The van der Waals surface area contributed by atoms with Crippen molar-refractivity contribution in [2.45, 2.75) is 32.5 Å². The maximum absolute atomic E-state index is 13.7. The molecule has 1 aliphatic rings. The standard InChI is InChI=1S/C30H34N8O5/c1-19-14-38(20(2)17-39)29(41)24-13-22(32-28(40)16-37-18-31-34-35-37)11-12-26(24)43-27(19)15-36(3)30(42)33-25-10-6-8-21-7-4-5-9-23(21)25/h4-13,18-20,27,39H,14-17H2,1-3H3,(H,32,40)(H,33,42)/t19-,20+,27-/m1/s1. The summed E-state index contributed by atoms with van der Waals surface area (Å²) >= 11 is 0. The van der Waals surface area contributed by atoms with Crippen molar-refractivity contribution in [1.82, 2.24) is 30.0 Å². The summed E-state index contributed by atoms with van der Waals surface area (Å²) in [6.45, 7) is 3.91. The second-order valence-electron chi connectivity index (χ2n) is 10.7. The summed E-state index contributed by atoms with van der Waals surface area (Å²) in [5, 5.41) is 28.4. The van der Waals surface area contributed by atoms with Crippen LogP contribution >= 0.6 is 0 Å². The van der Waals surface area contributed by atoms with Gasteiger partial charge in [-0.2, -0.15) is 0 Å². The lowest BCUT2D eigenvalue weighted by molar-refractivity contribution is -0.116. The lowest BCUT2D eigenvalue weighted by Gasteiger charge is -2.38. The Kier molecular flexibility index (Phi) is 8.81. The third-order valence-electron chi connectivity index (χ3n) is 7.48. The molecule has 3 atom stereocenters. The van der Waals surface area contributed by atoms with Gasteiger partial charge in [0.05, 0.1) is 30.4 Å². The minimum atomic E-state index is -0.483. The van der Waals surface area contributed by atoms with Gasteiger partial charge in [0.25, 0.3) is 5.91 Å². The number of aliphatic hydroxyl groups is 1. The number of nitrogens with zero attached hydrogens (tertiary/aromatic N) is 6. The van der Waals surface area contributed by atoms with Crippen molar-refractivity contribution in [3.8, 4) is 5.75 Å². The van der Waals surface area contributed by atoms with E-state index in [2.05, 4.69) is 26.2 Å². The first-order valence-corrected chi connectivity index (χ1v) is 14.0. The van der Waals surface area contributed by atoms with Gasteiger partial charge in [-0.05, 0) is 47.0 Å². The highest BCUT2D eigenvalue weighted by Gasteiger charge is 2.34. The number of anilines is 2. The van der Waals surface area contributed by atoms with Crippen molar-refractivity contribution in [2.24, 2.45) is 5.92 Å². The van der Waals surface area contributed by atoms with E-state index in [9.17, 15) is 19.5 Å². The van der Waals surface area contributed by atoms with Crippen molar-refractivity contribution in [2.75, 3.05) is 37.4 Å². The molecule has 0 spiro atoms. The van der Waals surface area contributed by atoms with Crippen molar-refractivity contribution in [1.29, 1.82) is 0 Å². The van der Waals surface area contributed by atoms with Gasteiger partial charge in [-0.1, -0.05) is 43.3 Å². The van der Waals surface area contributed by atoms with Crippen molar-refractivity contribution in [3.63, 3.8) is 0 Å². The molecule has 2 heterocycles. The summed E-state index contributed by atoms with van der Waals surface area (Å²) in [5.74, 6) is -0.578. The van der Waals surface area contributed by atoms with Crippen LogP contribution in [0.2, 0.25) is 0 Å². The highest BCUT2D eigenvalue weighted by Crippen LogP contribution is 2.31. The molecule has 3 aromatic carbocycles. The Morgan fingerprint density at radius 1 is 1.14 bits per heavy atom. The lowest BCUT2D eigenvalue weighted by atomic mass is 9.99. The number of amides is 4. The molecule has 0 aliphatic carbocycles. The normalized spacial score (nSPS) is 17.3. The van der Waals surface area contributed by atoms with Crippen molar-refractivity contribution < 1.29 is 24.2 Å². The van der Waals surface area contributed by atoms with Crippen LogP contribution < -0.4 is 15.4 Å². The molecule has 13 nitrogen and oxygen atoms in total. The Balaban J connectivity index is 1.36. The molecular weight excluding hydrogens is 552 g/mol. The zero-order chi connectivity index (χ0) is 30.5. The number of hydrogen-bond donors (Lipinski definition) is 3. The van der Waals surface area contributed by atoms with E-state index >= 15 is 0 Å². The zero-order valence-electron chi connectivity index (χ0n) is 24.2. The van der Waals surface area contributed by atoms with Crippen LogP contribution in [0.3, 0.4) is 0 Å². The third kappa shape index (κ3) is 6.72. The van der Waals surface area contributed by atoms with Gasteiger partial charge in [-0.25, -0.2) is 9.48 Å². The van der Waals surface area contributed by atoms with E-state index in [-0.39, 0.29) is 49.0 Å². The van der Waals surface area contributed by atoms with E-state index in [0.717, 1.165) is 10.8 Å². The molecule has 224 valence electrons. The molecule has 4 aromatic rings. The van der Waals surface area contributed by atoms with Crippen LogP contribution in [0.4, 0.5) is 16.2 Å². The maximum atomic E-state index is 13.7. The molecule has 1 aliphatic heterocycles. The van der Waals surface area contributed by atoms with E-state index in [4.69, 9.17) is 4.74 Å². The Morgan fingerprint density at radius 3 is 2.70 bits per heavy atom. The maximum Gasteiger partial charge on any atom is 0.321 e. The van der Waals surface area contributed by atoms with Gasteiger partial charge in [0, 0.05) is 30.6 Å². The van der Waals surface area contributed by atoms with Gasteiger partial charge in [-0.15, -0.1) is 5.10 Å². The monoisotopic (exact) mass is 586 g/mol. The Hall–Kier alpha value is -5.04. The minimum Gasteiger partial charge on any atom is -0.487 e. The smallest absolute Gasteiger partial charge is 0.321 e. The minimum absolute atomic E-state index is 0.102. The number of urea groups is 1. The summed E-state index contributed by atoms with van der Waals surface area (Å²) in [6, 6.07) is 17.6. The second-order valence-corrected chi connectivity index (χ2v) is 10.7. The summed E-state index contributed by atoms with van der Waals surface area (Å²) < 4.78 is 7.67. The molecule has 13 heteroatoms. The number of ether oxygens (including phenoxy) is 1. The van der Waals surface area contributed by atoms with E-state index in [1.165, 1.54) is 11.0 Å². The number of fused-ring (bicyclic) bond motifs is 2. The third-order valence-corrected chi connectivity index (χ3v) is 7.48. The summed E-state index contributed by atoms with van der Waals surface area (Å²) in [7, 11) is 1.69. The quantitative estimate of drug-likeness (QED) is 0.285. The van der Waals surface area contributed by atoms with Crippen LogP contribution in [0.25, 0.3) is 10.8 Å². The molecule has 5 rings (SSSR count). The van der Waals surface area contributed by atoms with Crippen LogP contribution in [0.5, 0.6) is 5.75 Å². The van der Waals surface area contributed by atoms with E-state index in [1.54, 1.807) is 42.0 Å². The predicted octanol–water partition coefficient (Wildman–Crippen LogP) is 2.85. The first kappa shape index (κ1) is 29.5. The molecule has 0 radical (unpaired) electrons. The zero-order valence-corrected chi connectivity index (χ0v) is 24.2. The molecule has 0 bridgehead atoms. The first-order chi connectivity index (χ1) is 20.7. The van der Waals surface area contributed by atoms with Crippen LogP contribution in [-0.4, -0.2) is 91.8 Å². The summed E-state index contributed by atoms with van der Waals surface area (Å²) in [6.07, 6.45) is 0.843. The molecule has 0 saturated heterocycles. The number of hydrogen-bond acceptors (Lipinski definition) is 8. The van der Waals surface area contributed by atoms with Gasteiger partial charge in [0.1, 0.15) is 24.7 Å². The molecule has 3 N–H and O–H groups in total. The number of tetrazole rings is 1. The molecule has 0 unspecified atom stereocenters. The van der Waals surface area contributed by atoms with Crippen molar-refractivity contribution in [3.05, 3.63) is 72.6 Å². The van der Waals surface area contributed by atoms with Gasteiger partial charge >= 0.3 is 6.03 Å². The fourth-order valence-electron chi connectivity index (χ4n) is 5.02. The van der Waals surface area contributed by atoms with Crippen molar-refractivity contribution >= 4 is 40.0 Å². The average Bonchev–Trinajstić information content (AvgIpc) is 3.51. The van der Waals surface area contributed by atoms with E-state index < -0.39 is 12.1 Å². The van der Waals surface area contributed by atoms with Crippen LogP contribution in [0.1, 0.15) is 24.2 Å². The first-order valence-electron chi connectivity index (χ1n) is 14.0. The number of aromatic nitrogens is 4. The van der Waals surface area contributed by atoms with Gasteiger partial charge < -0.3 is 30.3 Å². The topological polar surface area (TPSA) is 155 Å². The number of nitrogens with one attached hydrogen (secondary N) is 2. The van der Waals surface area contributed by atoms with Crippen LogP contribution in [0, 0.1) is 5.92 Å². The van der Waals surface area contributed by atoms with E-state index in [1.807, 2.05) is 49.4 Å². The number of rotatable bonds is 8. The molecular formula is C30H34N8O5. The highest BCUT2D eigenvalue weighted by molar-refractivity contribution is 6.02. The fourth-order valence-corrected chi connectivity index (χ4v) is 5.02. The fraction of sp³-hybridized carbons (Fsp3) is 0.333. The number of carbonyl (C=O) groups is 3. The molecule has 0 fully saturated rings. The van der Waals surface area contributed by atoms with Crippen LogP contribution in [0.15, 0.2) is 67.0 Å². The Morgan fingerprint density at radius 2 is 1.93 bits per heavy atom. The Labute approximate surface area is 248 Å². The molecule has 4 amide bonds. The van der Waals surface area contributed by atoms with Crippen LogP contribution in [-0.2, 0) is 11.3 Å². The van der Waals surface area contributed by atoms with Gasteiger partial charge in [0.15, 0.2) is 0 Å². The number of carbonyl (C=O) groups excluding carboxylic acids is 3. The second kappa shape index (κ2) is 12.9. The number of benzene rings is 3. The molecule has 0 saturated carbocycles. The van der Waals surface area contributed by atoms with E-state index in [0.29, 0.717) is 23.7 Å². The molecule has 43 heavy (non-hydrogen) atoms. The average molecular weight is 587 g/mol. The SMILES string of the molecule is C[C@@H]1CN([C@@H](C)CO)C(=O)c2cc(NC(=O)Cn3cnnn3)ccc2O[C@@H]1CN(C)C(=O)Nc1cccc2ccccc12. The molecule has 1 aromatic heterocycles. The summed E-state index contributed by atoms with van der Waals surface area (Å²) in [4.78, 5) is 42.6.